The van der Waals surface area contributed by atoms with Gasteiger partial charge in [-0.3, -0.25) is 9.59 Å². The van der Waals surface area contributed by atoms with Gasteiger partial charge in [0.1, 0.15) is 17.2 Å². The fraction of sp³-hybridized carbons (Fsp3) is 0.852. The van der Waals surface area contributed by atoms with Gasteiger partial charge in [-0.1, -0.05) is 25.7 Å². The molecule has 166 valence electrons. The number of carbonyl (C=O) groups is 2. The van der Waals surface area contributed by atoms with Crippen molar-refractivity contribution < 1.29 is 14.7 Å². The first kappa shape index (κ1) is 22.1. The fourth-order valence-corrected chi connectivity index (χ4v) is 8.49. The summed E-state index contributed by atoms with van der Waals surface area (Å²) in [5.41, 5.74) is -0.357. The van der Waals surface area contributed by atoms with Gasteiger partial charge in [-0.05, 0) is 106 Å². The summed E-state index contributed by atoms with van der Waals surface area (Å²) in [7, 11) is 0. The molecule has 3 heteroatoms. The Bertz CT molecular complexity index is 775. The van der Waals surface area contributed by atoms with E-state index in [0.29, 0.717) is 35.9 Å². The minimum atomic E-state index is -0.871. The Morgan fingerprint density at radius 3 is 2.37 bits per heavy atom. The van der Waals surface area contributed by atoms with Crippen LogP contribution in [0.4, 0.5) is 0 Å². The molecule has 4 saturated carbocycles. The first-order valence-corrected chi connectivity index (χ1v) is 12.3. The molecule has 4 rings (SSSR count). The van der Waals surface area contributed by atoms with Crippen LogP contribution in [0.5, 0.6) is 0 Å². The van der Waals surface area contributed by atoms with Crippen molar-refractivity contribution in [1.82, 2.24) is 0 Å². The third-order valence-electron chi connectivity index (χ3n) is 10.1. The van der Waals surface area contributed by atoms with E-state index in [2.05, 4.69) is 25.7 Å². The quantitative estimate of drug-likeness (QED) is 0.637. The van der Waals surface area contributed by atoms with Crippen LogP contribution < -0.4 is 0 Å². The van der Waals surface area contributed by atoms with Crippen LogP contribution >= 0.6 is 0 Å². The number of rotatable bonds is 3. The predicted molar refractivity (Wildman–Crippen MR) is 119 cm³/mol. The molecule has 2 unspecified atom stereocenters. The molecule has 0 radical (unpaired) electrons. The number of fused-ring (bicyclic) bond motifs is 5. The standard InChI is InChI=1S/C27H40O3/c1-18(28)7-5-6-13-27(30)16-15-25(3)20(17-27)8-9-21-23-11-10-22(19(2)29)26(23,4)14-12-24(21)25/h20-24,30H,5,7-12,14-17H2,1-4H3/t20?,21-,22+,23-,24-,25-,26+,27?/m0/s1. The van der Waals surface area contributed by atoms with E-state index in [1.807, 2.05) is 6.92 Å². The van der Waals surface area contributed by atoms with E-state index < -0.39 is 5.60 Å². The maximum atomic E-state index is 12.3. The Morgan fingerprint density at radius 1 is 0.933 bits per heavy atom. The largest absolute Gasteiger partial charge is 0.378 e. The first-order valence-electron chi connectivity index (χ1n) is 12.3. The van der Waals surface area contributed by atoms with Crippen molar-refractivity contribution >= 4 is 11.6 Å². The molecule has 0 saturated heterocycles. The van der Waals surface area contributed by atoms with E-state index in [1.165, 1.54) is 32.1 Å². The lowest BCUT2D eigenvalue weighted by Gasteiger charge is -2.61. The maximum Gasteiger partial charge on any atom is 0.133 e. The zero-order chi connectivity index (χ0) is 21.7. The number of ketones is 2. The summed E-state index contributed by atoms with van der Waals surface area (Å²) in [5.74, 6) is 9.81. The highest BCUT2D eigenvalue weighted by Gasteiger charge is 2.61. The Morgan fingerprint density at radius 2 is 1.67 bits per heavy atom. The normalized spacial score (nSPS) is 47.3. The van der Waals surface area contributed by atoms with Crippen LogP contribution in [0.1, 0.15) is 98.3 Å². The van der Waals surface area contributed by atoms with E-state index in [4.69, 9.17) is 0 Å². The Balaban J connectivity index is 1.49. The second-order valence-electron chi connectivity index (χ2n) is 11.7. The highest BCUT2D eigenvalue weighted by Crippen LogP contribution is 2.68. The smallest absolute Gasteiger partial charge is 0.133 e. The molecule has 0 aromatic rings. The topological polar surface area (TPSA) is 54.4 Å². The minimum absolute atomic E-state index is 0.161. The molecule has 0 aliphatic heterocycles. The number of hydrogen-bond acceptors (Lipinski definition) is 3. The number of aliphatic hydroxyl groups is 1. The van der Waals surface area contributed by atoms with Crippen LogP contribution in [0, 0.1) is 52.3 Å². The van der Waals surface area contributed by atoms with Gasteiger partial charge in [0.15, 0.2) is 0 Å². The van der Waals surface area contributed by atoms with Gasteiger partial charge in [-0.15, -0.1) is 0 Å². The molecule has 0 aromatic carbocycles. The fourth-order valence-electron chi connectivity index (χ4n) is 8.49. The molecule has 8 atom stereocenters. The molecule has 0 spiro atoms. The van der Waals surface area contributed by atoms with Gasteiger partial charge < -0.3 is 5.11 Å². The second kappa shape index (κ2) is 7.77. The summed E-state index contributed by atoms with van der Waals surface area (Å²) < 4.78 is 0. The lowest BCUT2D eigenvalue weighted by Crippen LogP contribution is -2.56. The molecule has 1 N–H and O–H groups in total. The van der Waals surface area contributed by atoms with Crippen LogP contribution in [0.2, 0.25) is 0 Å². The van der Waals surface area contributed by atoms with Gasteiger partial charge in [-0.25, -0.2) is 0 Å². The van der Waals surface area contributed by atoms with Gasteiger partial charge in [0, 0.05) is 18.8 Å². The average molecular weight is 413 g/mol. The van der Waals surface area contributed by atoms with Crippen LogP contribution in [0.15, 0.2) is 0 Å². The third kappa shape index (κ3) is 3.58. The van der Waals surface area contributed by atoms with Crippen molar-refractivity contribution in [3.63, 3.8) is 0 Å². The SMILES string of the molecule is CC(=O)CCC#CC1(O)CC[C@@]2(C)C(CC[C@H]3[C@@H]4CC[C@H](C(C)=O)[C@@]4(C)CC[C@@H]32)C1. The molecule has 0 bridgehead atoms. The number of carbonyl (C=O) groups excluding carboxylic acids is 2. The van der Waals surface area contributed by atoms with E-state index in [-0.39, 0.29) is 17.1 Å². The van der Waals surface area contributed by atoms with Crippen LogP contribution in [-0.4, -0.2) is 22.3 Å². The van der Waals surface area contributed by atoms with E-state index in [1.54, 1.807) is 6.92 Å². The molecule has 4 aliphatic carbocycles. The van der Waals surface area contributed by atoms with Crippen molar-refractivity contribution in [1.29, 1.82) is 0 Å². The van der Waals surface area contributed by atoms with E-state index in [0.717, 1.165) is 37.5 Å². The summed E-state index contributed by atoms with van der Waals surface area (Å²) in [6, 6.07) is 0. The van der Waals surface area contributed by atoms with Gasteiger partial charge in [0.2, 0.25) is 0 Å². The summed E-state index contributed by atoms with van der Waals surface area (Å²) in [5, 5.41) is 11.2. The molecule has 30 heavy (non-hydrogen) atoms. The predicted octanol–water partition coefficient (Wildman–Crippen LogP) is 5.34. The third-order valence-corrected chi connectivity index (χ3v) is 10.1. The van der Waals surface area contributed by atoms with Crippen molar-refractivity contribution in [3.8, 4) is 11.8 Å². The highest BCUT2D eigenvalue weighted by molar-refractivity contribution is 5.79. The monoisotopic (exact) mass is 412 g/mol. The van der Waals surface area contributed by atoms with Crippen molar-refractivity contribution in [3.05, 3.63) is 0 Å². The molecular weight excluding hydrogens is 372 g/mol. The molecule has 4 aliphatic rings. The second-order valence-corrected chi connectivity index (χ2v) is 11.7. The number of Topliss-reactive ketones (excluding diaryl/α,β-unsaturated/α-hetero) is 2. The molecule has 0 amide bonds. The Labute approximate surface area is 182 Å². The van der Waals surface area contributed by atoms with E-state index >= 15 is 0 Å². The molecule has 4 fully saturated rings. The highest BCUT2D eigenvalue weighted by atomic mass is 16.3. The molecule has 3 nitrogen and oxygen atoms in total. The van der Waals surface area contributed by atoms with Gasteiger partial charge in [0.25, 0.3) is 0 Å². The van der Waals surface area contributed by atoms with Crippen molar-refractivity contribution in [2.45, 2.75) is 104 Å². The maximum absolute atomic E-state index is 12.3. The summed E-state index contributed by atoms with van der Waals surface area (Å²) >= 11 is 0. The molecular formula is C27H40O3. The van der Waals surface area contributed by atoms with Gasteiger partial charge in [0.05, 0.1) is 0 Å². The Kier molecular flexibility index (Phi) is 5.72. The zero-order valence-corrected chi connectivity index (χ0v) is 19.4. The average Bonchev–Trinajstić information content (AvgIpc) is 3.03. The number of hydrogen-bond donors (Lipinski definition) is 1. The first-order chi connectivity index (χ1) is 14.1. The lowest BCUT2D eigenvalue weighted by molar-refractivity contribution is -0.144. The Hall–Kier alpha value is -1.14. The molecule has 0 heterocycles. The zero-order valence-electron chi connectivity index (χ0n) is 19.4. The van der Waals surface area contributed by atoms with Crippen LogP contribution in [-0.2, 0) is 9.59 Å². The van der Waals surface area contributed by atoms with Crippen LogP contribution in [0.3, 0.4) is 0 Å². The molecule has 0 aromatic heterocycles. The summed E-state index contributed by atoms with van der Waals surface area (Å²) in [6.07, 6.45) is 10.8. The summed E-state index contributed by atoms with van der Waals surface area (Å²) in [4.78, 5) is 23.5. The van der Waals surface area contributed by atoms with Crippen molar-refractivity contribution in [2.24, 2.45) is 40.4 Å². The van der Waals surface area contributed by atoms with Crippen LogP contribution in [0.25, 0.3) is 0 Å². The van der Waals surface area contributed by atoms with Crippen molar-refractivity contribution in [2.75, 3.05) is 0 Å². The minimum Gasteiger partial charge on any atom is -0.378 e. The summed E-state index contributed by atoms with van der Waals surface area (Å²) in [6.45, 7) is 8.32. The van der Waals surface area contributed by atoms with Gasteiger partial charge >= 0.3 is 0 Å². The van der Waals surface area contributed by atoms with Gasteiger partial charge in [-0.2, -0.15) is 0 Å². The lowest BCUT2D eigenvalue weighted by atomic mass is 9.44. The van der Waals surface area contributed by atoms with E-state index in [9.17, 15) is 14.7 Å².